The number of benzene rings is 1. The van der Waals surface area contributed by atoms with Crippen LogP contribution in [0.25, 0.3) is 21.6 Å². The van der Waals surface area contributed by atoms with E-state index >= 15 is 0 Å². The maximum absolute atomic E-state index is 12.2. The van der Waals surface area contributed by atoms with Crippen molar-refractivity contribution in [3.63, 3.8) is 0 Å². The fraction of sp³-hybridized carbons (Fsp3) is 0.409. The zero-order chi connectivity index (χ0) is 20.4. The van der Waals surface area contributed by atoms with Crippen molar-refractivity contribution in [2.75, 3.05) is 25.1 Å². The van der Waals surface area contributed by atoms with Crippen LogP contribution in [0.1, 0.15) is 26.7 Å². The number of methoxy groups -OCH3 is 1. The lowest BCUT2D eigenvalue weighted by Crippen LogP contribution is -2.42. The molecule has 0 atom stereocenters. The van der Waals surface area contributed by atoms with E-state index in [1.54, 1.807) is 18.4 Å². The largest absolute Gasteiger partial charge is 0.497 e. The van der Waals surface area contributed by atoms with E-state index in [0.29, 0.717) is 0 Å². The molecule has 1 amide bonds. The standard InChI is InChI=1S/C22H26N4O2S/c1-14(2)23-20(27)16-10-12-26(13-11-16)22-25-19-9-8-18(24-21(19)29-22)15-4-6-17(28-3)7-5-15/h4-9,14,16H,10-13H2,1-3H3,(H,23,27). The fourth-order valence-corrected chi connectivity index (χ4v) is 4.59. The van der Waals surface area contributed by atoms with Crippen LogP contribution in [0, 0.1) is 5.92 Å². The number of anilines is 1. The highest BCUT2D eigenvalue weighted by Crippen LogP contribution is 2.32. The molecule has 0 unspecified atom stereocenters. The minimum Gasteiger partial charge on any atom is -0.497 e. The molecule has 3 aromatic rings. The second-order valence-electron chi connectivity index (χ2n) is 7.67. The highest BCUT2D eigenvalue weighted by atomic mass is 32.1. The average molecular weight is 411 g/mol. The van der Waals surface area contributed by atoms with Gasteiger partial charge in [0, 0.05) is 30.6 Å². The molecule has 4 rings (SSSR count). The summed E-state index contributed by atoms with van der Waals surface area (Å²) in [6.07, 6.45) is 1.72. The molecule has 1 aliphatic heterocycles. The zero-order valence-electron chi connectivity index (χ0n) is 17.0. The van der Waals surface area contributed by atoms with Gasteiger partial charge in [0.1, 0.15) is 16.1 Å². The van der Waals surface area contributed by atoms with E-state index in [9.17, 15) is 4.79 Å². The van der Waals surface area contributed by atoms with Crippen LogP contribution in [0.5, 0.6) is 5.75 Å². The van der Waals surface area contributed by atoms with Gasteiger partial charge < -0.3 is 15.0 Å². The lowest BCUT2D eigenvalue weighted by Gasteiger charge is -2.31. The van der Waals surface area contributed by atoms with Crippen LogP contribution in [0.2, 0.25) is 0 Å². The number of rotatable bonds is 5. The van der Waals surface area contributed by atoms with Crippen molar-refractivity contribution < 1.29 is 9.53 Å². The van der Waals surface area contributed by atoms with Crippen molar-refractivity contribution in [1.82, 2.24) is 15.3 Å². The average Bonchev–Trinajstić information content (AvgIpc) is 3.17. The first-order valence-electron chi connectivity index (χ1n) is 10.0. The molecule has 1 saturated heterocycles. The summed E-state index contributed by atoms with van der Waals surface area (Å²) in [5.74, 6) is 1.11. The van der Waals surface area contributed by atoms with Gasteiger partial charge in [0.2, 0.25) is 5.91 Å². The molecule has 0 aliphatic carbocycles. The van der Waals surface area contributed by atoms with Gasteiger partial charge in [-0.05, 0) is 63.1 Å². The molecule has 6 nitrogen and oxygen atoms in total. The molecule has 0 bridgehead atoms. The van der Waals surface area contributed by atoms with Gasteiger partial charge in [0.15, 0.2) is 5.13 Å². The minimum absolute atomic E-state index is 0.0998. The molecule has 1 aromatic carbocycles. The van der Waals surface area contributed by atoms with Crippen molar-refractivity contribution in [3.05, 3.63) is 36.4 Å². The van der Waals surface area contributed by atoms with Crippen LogP contribution in [0.15, 0.2) is 36.4 Å². The first-order valence-corrected chi connectivity index (χ1v) is 10.8. The van der Waals surface area contributed by atoms with E-state index in [-0.39, 0.29) is 17.9 Å². The van der Waals surface area contributed by atoms with E-state index in [4.69, 9.17) is 14.7 Å². The van der Waals surface area contributed by atoms with Crippen molar-refractivity contribution in [2.45, 2.75) is 32.7 Å². The van der Waals surface area contributed by atoms with Gasteiger partial charge in [0.05, 0.1) is 12.8 Å². The van der Waals surface area contributed by atoms with Crippen LogP contribution in [0.3, 0.4) is 0 Å². The number of thiazole rings is 1. The Balaban J connectivity index is 1.47. The number of aromatic nitrogens is 2. The smallest absolute Gasteiger partial charge is 0.223 e. The Kier molecular flexibility index (Phi) is 5.67. The molecule has 3 heterocycles. The van der Waals surface area contributed by atoms with Gasteiger partial charge in [-0.3, -0.25) is 4.79 Å². The Morgan fingerprint density at radius 1 is 1.14 bits per heavy atom. The van der Waals surface area contributed by atoms with Crippen molar-refractivity contribution in [1.29, 1.82) is 0 Å². The number of pyridine rings is 1. The van der Waals surface area contributed by atoms with Crippen LogP contribution >= 0.6 is 11.3 Å². The maximum Gasteiger partial charge on any atom is 0.223 e. The predicted molar refractivity (Wildman–Crippen MR) is 118 cm³/mol. The molecule has 2 aromatic heterocycles. The molecular formula is C22H26N4O2S. The Hall–Kier alpha value is -2.67. The number of carbonyl (C=O) groups is 1. The number of hydrogen-bond acceptors (Lipinski definition) is 6. The fourth-order valence-electron chi connectivity index (χ4n) is 3.60. The quantitative estimate of drug-likeness (QED) is 0.686. The number of carbonyl (C=O) groups excluding carboxylic acids is 1. The van der Waals surface area contributed by atoms with E-state index < -0.39 is 0 Å². The predicted octanol–water partition coefficient (Wildman–Crippen LogP) is 4.11. The first-order chi connectivity index (χ1) is 14.0. The summed E-state index contributed by atoms with van der Waals surface area (Å²) in [7, 11) is 1.66. The normalized spacial score (nSPS) is 15.1. The van der Waals surface area contributed by atoms with Gasteiger partial charge in [-0.2, -0.15) is 0 Å². The number of nitrogens with zero attached hydrogens (tertiary/aromatic N) is 3. The summed E-state index contributed by atoms with van der Waals surface area (Å²) < 4.78 is 5.23. The van der Waals surface area contributed by atoms with Crippen LogP contribution < -0.4 is 15.0 Å². The third kappa shape index (κ3) is 4.34. The Bertz CT molecular complexity index is 992. The highest BCUT2D eigenvalue weighted by molar-refractivity contribution is 7.21. The molecule has 1 fully saturated rings. The summed E-state index contributed by atoms with van der Waals surface area (Å²) in [5, 5.41) is 4.02. The molecule has 1 N–H and O–H groups in total. The lowest BCUT2D eigenvalue weighted by atomic mass is 9.96. The van der Waals surface area contributed by atoms with Crippen molar-refractivity contribution in [3.8, 4) is 17.0 Å². The molecule has 0 radical (unpaired) electrons. The number of ether oxygens (including phenoxy) is 1. The summed E-state index contributed by atoms with van der Waals surface area (Å²) in [4.78, 5) is 25.1. The summed E-state index contributed by atoms with van der Waals surface area (Å²) >= 11 is 1.62. The van der Waals surface area contributed by atoms with E-state index in [1.165, 1.54) is 0 Å². The molecule has 7 heteroatoms. The third-order valence-electron chi connectivity index (χ3n) is 5.20. The Morgan fingerprint density at radius 2 is 1.86 bits per heavy atom. The number of hydrogen-bond donors (Lipinski definition) is 1. The third-order valence-corrected chi connectivity index (χ3v) is 6.22. The minimum atomic E-state index is 0.0998. The highest BCUT2D eigenvalue weighted by Gasteiger charge is 2.26. The molecule has 0 saturated carbocycles. The number of amides is 1. The van der Waals surface area contributed by atoms with E-state index in [2.05, 4.69) is 10.2 Å². The molecule has 152 valence electrons. The summed E-state index contributed by atoms with van der Waals surface area (Å²) in [6.45, 7) is 5.70. The van der Waals surface area contributed by atoms with Crippen LogP contribution in [-0.2, 0) is 4.79 Å². The summed E-state index contributed by atoms with van der Waals surface area (Å²) in [5.41, 5.74) is 2.90. The lowest BCUT2D eigenvalue weighted by molar-refractivity contribution is -0.126. The molecular weight excluding hydrogens is 384 g/mol. The van der Waals surface area contributed by atoms with Crippen LogP contribution in [-0.4, -0.2) is 42.1 Å². The van der Waals surface area contributed by atoms with E-state index in [1.807, 2.05) is 50.2 Å². The first kappa shape index (κ1) is 19.6. The van der Waals surface area contributed by atoms with Gasteiger partial charge in [-0.25, -0.2) is 9.97 Å². The second kappa shape index (κ2) is 8.37. The van der Waals surface area contributed by atoms with Crippen molar-refractivity contribution in [2.24, 2.45) is 5.92 Å². The van der Waals surface area contributed by atoms with Gasteiger partial charge in [-0.15, -0.1) is 0 Å². The topological polar surface area (TPSA) is 67.3 Å². The molecule has 29 heavy (non-hydrogen) atoms. The number of piperidine rings is 1. The van der Waals surface area contributed by atoms with E-state index in [0.717, 1.165) is 58.4 Å². The zero-order valence-corrected chi connectivity index (χ0v) is 17.8. The maximum atomic E-state index is 12.2. The molecule has 0 spiro atoms. The SMILES string of the molecule is COc1ccc(-c2ccc3nc(N4CCC(C(=O)NC(C)C)CC4)sc3n2)cc1. The Labute approximate surface area is 174 Å². The van der Waals surface area contributed by atoms with Gasteiger partial charge in [-0.1, -0.05) is 11.3 Å². The Morgan fingerprint density at radius 3 is 2.52 bits per heavy atom. The number of fused-ring (bicyclic) bond motifs is 1. The number of nitrogens with one attached hydrogen (secondary N) is 1. The molecule has 1 aliphatic rings. The monoisotopic (exact) mass is 410 g/mol. The van der Waals surface area contributed by atoms with Gasteiger partial charge in [0.25, 0.3) is 0 Å². The van der Waals surface area contributed by atoms with Gasteiger partial charge >= 0.3 is 0 Å². The van der Waals surface area contributed by atoms with Crippen molar-refractivity contribution >= 4 is 32.7 Å². The summed E-state index contributed by atoms with van der Waals surface area (Å²) in [6, 6.07) is 12.2. The van der Waals surface area contributed by atoms with Crippen LogP contribution in [0.4, 0.5) is 5.13 Å². The second-order valence-corrected chi connectivity index (χ2v) is 8.63.